The topological polar surface area (TPSA) is 83.5 Å². The minimum absolute atomic E-state index is 0.193. The molecule has 0 spiro atoms. The molecule has 0 unspecified atom stereocenters. The minimum atomic E-state index is -1.02. The second-order valence-corrected chi connectivity index (χ2v) is 8.41. The lowest BCUT2D eigenvalue weighted by atomic mass is 10.0. The van der Waals surface area contributed by atoms with Crippen LogP contribution in [0.5, 0.6) is 0 Å². The van der Waals surface area contributed by atoms with Crippen LogP contribution in [0, 0.1) is 0 Å². The van der Waals surface area contributed by atoms with Gasteiger partial charge >= 0.3 is 17.6 Å². The van der Waals surface area contributed by atoms with E-state index in [9.17, 15) is 13.8 Å². The van der Waals surface area contributed by atoms with Gasteiger partial charge in [-0.2, -0.15) is 0 Å². The summed E-state index contributed by atoms with van der Waals surface area (Å²) in [5, 5.41) is 11.7. The predicted molar refractivity (Wildman–Crippen MR) is 117 cm³/mol. The van der Waals surface area contributed by atoms with E-state index in [0.29, 0.717) is 36.7 Å². The lowest BCUT2D eigenvalue weighted by molar-refractivity contribution is -0.142. The van der Waals surface area contributed by atoms with Crippen LogP contribution in [0.1, 0.15) is 116 Å². The molecule has 0 saturated heterocycles. The van der Waals surface area contributed by atoms with Crippen LogP contribution in [-0.4, -0.2) is 28.8 Å². The summed E-state index contributed by atoms with van der Waals surface area (Å²) in [4.78, 5) is 23.0. The number of nitrogens with one attached hydrogen (secondary N) is 1. The third-order valence-corrected chi connectivity index (χ3v) is 5.57. The number of hydrogen-bond acceptors (Lipinski definition) is 3. The highest BCUT2D eigenvalue weighted by atomic mass is 32.1. The van der Waals surface area contributed by atoms with Crippen molar-refractivity contribution in [2.45, 2.75) is 122 Å². The Bertz CT molecular complexity index is 404. The van der Waals surface area contributed by atoms with Gasteiger partial charge in [-0.05, 0) is 12.8 Å². The Morgan fingerprint density at radius 1 is 0.786 bits per heavy atom. The van der Waals surface area contributed by atoms with Gasteiger partial charge < -0.3 is 10.4 Å². The van der Waals surface area contributed by atoms with Crippen molar-refractivity contribution in [1.29, 1.82) is 0 Å². The van der Waals surface area contributed by atoms with Crippen molar-refractivity contribution in [3.63, 3.8) is 0 Å². The molecule has 0 aliphatic rings. The van der Waals surface area contributed by atoms with Crippen LogP contribution in [0.25, 0.3) is 0 Å². The number of unbranched alkanes of at least 4 members (excludes halogenated alkanes) is 13. The molecular formula is C22H42NO4S+. The van der Waals surface area contributed by atoms with Crippen LogP contribution in [0.15, 0.2) is 0 Å². The van der Waals surface area contributed by atoms with Crippen molar-refractivity contribution in [2.75, 3.05) is 5.75 Å². The normalized spacial score (nSPS) is 11.9. The first-order valence-corrected chi connectivity index (χ1v) is 12.3. The Balaban J connectivity index is 3.46. The number of carboxylic acids is 1. The summed E-state index contributed by atoms with van der Waals surface area (Å²) in [6.07, 6.45) is 19.0. The smallest absolute Gasteiger partial charge is 0.458 e. The van der Waals surface area contributed by atoms with Gasteiger partial charge in [0.15, 0.2) is 0 Å². The van der Waals surface area contributed by atoms with Gasteiger partial charge in [0.25, 0.3) is 0 Å². The van der Waals surface area contributed by atoms with Crippen molar-refractivity contribution < 1.29 is 18.9 Å². The lowest BCUT2D eigenvalue weighted by Gasteiger charge is -2.13. The van der Waals surface area contributed by atoms with E-state index in [0.717, 1.165) is 19.3 Å². The molecule has 5 nitrogen and oxygen atoms in total. The van der Waals surface area contributed by atoms with Gasteiger partial charge in [-0.3, -0.25) is 4.79 Å². The van der Waals surface area contributed by atoms with Gasteiger partial charge in [-0.1, -0.05) is 90.4 Å². The van der Waals surface area contributed by atoms with Crippen molar-refractivity contribution in [2.24, 2.45) is 0 Å². The van der Waals surface area contributed by atoms with Crippen LogP contribution >= 0.6 is 0 Å². The largest absolute Gasteiger partial charge is 0.480 e. The van der Waals surface area contributed by atoms with Crippen LogP contribution in [0.4, 0.5) is 0 Å². The maximum absolute atomic E-state index is 11.9. The van der Waals surface area contributed by atoms with E-state index in [4.69, 9.17) is 5.11 Å². The first-order chi connectivity index (χ1) is 13.6. The zero-order valence-electron chi connectivity index (χ0n) is 17.9. The van der Waals surface area contributed by atoms with Gasteiger partial charge in [0.05, 0.1) is 0 Å². The Labute approximate surface area is 175 Å². The number of aliphatic carboxylic acids is 1. The van der Waals surface area contributed by atoms with Gasteiger partial charge in [0.1, 0.15) is 6.04 Å². The van der Waals surface area contributed by atoms with E-state index in [1.807, 2.05) is 0 Å². The molecule has 1 atom stereocenters. The molecule has 6 heteroatoms. The zero-order valence-corrected chi connectivity index (χ0v) is 18.7. The van der Waals surface area contributed by atoms with Crippen molar-refractivity contribution in [3.8, 4) is 0 Å². The number of amides is 1. The Kier molecular flexibility index (Phi) is 19.9. The first kappa shape index (κ1) is 27.0. The van der Waals surface area contributed by atoms with Crippen molar-refractivity contribution in [3.05, 3.63) is 0 Å². The molecule has 28 heavy (non-hydrogen) atoms. The van der Waals surface area contributed by atoms with Gasteiger partial charge in [0, 0.05) is 17.1 Å². The quantitative estimate of drug-likeness (QED) is 0.187. The molecule has 0 aromatic rings. The highest BCUT2D eigenvalue weighted by Gasteiger charge is 2.20. The minimum Gasteiger partial charge on any atom is -0.480 e. The summed E-state index contributed by atoms with van der Waals surface area (Å²) < 4.78 is 10.3. The highest BCUT2D eigenvalue weighted by molar-refractivity contribution is 7.65. The number of carbonyl (C=O) groups excluding carboxylic acids is 1. The average Bonchev–Trinajstić information content (AvgIpc) is 2.67. The molecule has 0 aromatic carbocycles. The molecule has 2 N–H and O–H groups in total. The fourth-order valence-electron chi connectivity index (χ4n) is 3.35. The number of rotatable bonds is 21. The van der Waals surface area contributed by atoms with Gasteiger partial charge in [-0.25, -0.2) is 4.79 Å². The summed E-state index contributed by atoms with van der Waals surface area (Å²) in [5.41, 5.74) is 0. The van der Waals surface area contributed by atoms with E-state index in [-0.39, 0.29) is 5.91 Å². The van der Waals surface area contributed by atoms with E-state index in [1.54, 1.807) is 0 Å². The molecule has 164 valence electrons. The molecule has 0 rings (SSSR count). The first-order valence-electron chi connectivity index (χ1n) is 11.4. The second kappa shape index (κ2) is 20.7. The third-order valence-electron chi connectivity index (χ3n) is 5.11. The Hall–Kier alpha value is -1.04. The molecule has 0 aliphatic heterocycles. The molecule has 0 radical (unpaired) electrons. The summed E-state index contributed by atoms with van der Waals surface area (Å²) in [6.45, 7) is 2.25. The lowest BCUT2D eigenvalue weighted by Crippen LogP contribution is -2.40. The molecule has 0 aromatic heterocycles. The summed E-state index contributed by atoms with van der Waals surface area (Å²) >= 11 is 0.450. The Morgan fingerprint density at radius 3 is 1.68 bits per heavy atom. The average molecular weight is 417 g/mol. The molecule has 0 aliphatic carbocycles. The second-order valence-electron chi connectivity index (χ2n) is 7.77. The van der Waals surface area contributed by atoms with Crippen LogP contribution in [0.3, 0.4) is 0 Å². The van der Waals surface area contributed by atoms with Crippen LogP contribution in [0.2, 0.25) is 0 Å². The predicted octanol–water partition coefficient (Wildman–Crippen LogP) is 5.64. The fourth-order valence-corrected chi connectivity index (χ4v) is 3.63. The number of hydrogen-bond donors (Lipinski definition) is 2. The third kappa shape index (κ3) is 18.3. The summed E-state index contributed by atoms with van der Waals surface area (Å²) in [5.74, 6) is -0.843. The monoisotopic (exact) mass is 416 g/mol. The van der Waals surface area contributed by atoms with E-state index < -0.39 is 12.0 Å². The molecular weight excluding hydrogens is 374 g/mol. The molecule has 0 bridgehead atoms. The summed E-state index contributed by atoms with van der Waals surface area (Å²) in [6, 6.07) is -0.869. The number of carboxylic acid groups (broad SMARTS) is 1. The standard InChI is InChI=1S/C22H41NO4S/c1-2-3-4-5-6-7-8-9-10-11-12-13-14-15-18-21(24)23-20(22(25)26)17-16-19-28-27/h20H,2-19H2,1H3,(H-,23,24,25,26)/p+1/t20-/m0/s1. The van der Waals surface area contributed by atoms with Crippen LogP contribution < -0.4 is 5.32 Å². The van der Waals surface area contributed by atoms with Gasteiger partial charge in [-0.15, -0.1) is 0 Å². The zero-order chi connectivity index (χ0) is 20.9. The Morgan fingerprint density at radius 2 is 1.25 bits per heavy atom. The highest BCUT2D eigenvalue weighted by Crippen LogP contribution is 2.13. The maximum atomic E-state index is 11.9. The SMILES string of the molecule is CCCCCCCCCCCCCCCCC(=O)N[C@@H](CCC[S+]=O)C(=O)O. The van der Waals surface area contributed by atoms with E-state index >= 15 is 0 Å². The number of carbonyl (C=O) groups is 2. The van der Waals surface area contributed by atoms with E-state index in [1.165, 1.54) is 70.6 Å². The van der Waals surface area contributed by atoms with Gasteiger partial charge in [0.2, 0.25) is 11.7 Å². The molecule has 0 saturated carbocycles. The maximum Gasteiger partial charge on any atom is 0.458 e. The fraction of sp³-hybridized carbons (Fsp3) is 0.909. The molecule has 0 fully saturated rings. The molecule has 1 amide bonds. The van der Waals surface area contributed by atoms with Crippen LogP contribution in [-0.2, 0) is 25.5 Å². The van der Waals surface area contributed by atoms with Crippen molar-refractivity contribution >= 4 is 23.5 Å². The molecule has 0 heterocycles. The van der Waals surface area contributed by atoms with E-state index in [2.05, 4.69) is 12.2 Å². The summed E-state index contributed by atoms with van der Waals surface area (Å²) in [7, 11) is 0. The van der Waals surface area contributed by atoms with Crippen molar-refractivity contribution in [1.82, 2.24) is 5.32 Å².